The van der Waals surface area contributed by atoms with Crippen LogP contribution in [-0.4, -0.2) is 28.0 Å². The maximum Gasteiger partial charge on any atom is 0.341 e. The van der Waals surface area contributed by atoms with E-state index in [1.54, 1.807) is 6.07 Å². The van der Waals surface area contributed by atoms with Crippen molar-refractivity contribution in [1.29, 1.82) is 0 Å². The van der Waals surface area contributed by atoms with Gasteiger partial charge in [0.05, 0.1) is 13.7 Å². The van der Waals surface area contributed by atoms with Gasteiger partial charge in [-0.1, -0.05) is 46.2 Å². The molecule has 5 nitrogen and oxygen atoms in total. The van der Waals surface area contributed by atoms with Crippen LogP contribution in [0, 0.1) is 6.92 Å². The first-order valence-electron chi connectivity index (χ1n) is 11.8. The molecule has 0 fully saturated rings. The first kappa shape index (κ1) is 26.9. The normalized spacial score (nSPS) is 11.9. The molecule has 0 saturated heterocycles. The van der Waals surface area contributed by atoms with E-state index in [1.807, 2.05) is 12.1 Å². The van der Waals surface area contributed by atoms with Gasteiger partial charge in [-0.25, -0.2) is 4.79 Å². The molecule has 1 N–H and O–H groups in total. The molecule has 0 aliphatic rings. The molecule has 0 heterocycles. The number of methoxy groups -OCH3 is 1. The molecule has 0 bridgehead atoms. The Hall–Kier alpha value is -2.31. The predicted molar refractivity (Wildman–Crippen MR) is 138 cm³/mol. The lowest BCUT2D eigenvalue weighted by Gasteiger charge is -2.36. The summed E-state index contributed by atoms with van der Waals surface area (Å²) in [4.78, 5) is 12.1. The van der Waals surface area contributed by atoms with Crippen LogP contribution in [0.4, 0.5) is 0 Å². The Morgan fingerprint density at radius 1 is 1.06 bits per heavy atom. The molecule has 2 aromatic carbocycles. The third-order valence-electron chi connectivity index (χ3n) is 6.34. The highest BCUT2D eigenvalue weighted by Crippen LogP contribution is 2.37. The second-order valence-corrected chi connectivity index (χ2v) is 14.8. The van der Waals surface area contributed by atoms with Gasteiger partial charge in [-0.2, -0.15) is 0 Å². The number of carbonyl (C=O) groups is 1. The molecule has 0 unspecified atom stereocenters. The maximum atomic E-state index is 12.1. The summed E-state index contributed by atoms with van der Waals surface area (Å²) >= 11 is 0. The highest BCUT2D eigenvalue weighted by atomic mass is 28.4. The number of carbonyl (C=O) groups excluding carboxylic acids is 1. The summed E-state index contributed by atoms with van der Waals surface area (Å²) in [5.74, 6) is 1.16. The van der Waals surface area contributed by atoms with Gasteiger partial charge in [0, 0.05) is 13.1 Å². The molecule has 0 atom stereocenters. The summed E-state index contributed by atoms with van der Waals surface area (Å²) in [5, 5.41) is 3.67. The Balaban J connectivity index is 2.03. The van der Waals surface area contributed by atoms with Gasteiger partial charge < -0.3 is 19.2 Å². The molecule has 0 spiro atoms. The van der Waals surface area contributed by atoms with Crippen molar-refractivity contribution in [3.8, 4) is 11.5 Å². The van der Waals surface area contributed by atoms with Crippen LogP contribution in [0.25, 0.3) is 0 Å². The van der Waals surface area contributed by atoms with E-state index in [0.717, 1.165) is 30.7 Å². The van der Waals surface area contributed by atoms with Crippen molar-refractivity contribution in [2.75, 3.05) is 13.7 Å². The summed E-state index contributed by atoms with van der Waals surface area (Å²) < 4.78 is 17.2. The smallest absolute Gasteiger partial charge is 0.341 e. The zero-order chi connectivity index (χ0) is 24.6. The first-order chi connectivity index (χ1) is 15.5. The fourth-order valence-electron chi connectivity index (χ4n) is 3.12. The van der Waals surface area contributed by atoms with E-state index in [4.69, 9.17) is 13.9 Å². The second-order valence-electron chi connectivity index (χ2n) is 10.1. The van der Waals surface area contributed by atoms with E-state index < -0.39 is 8.32 Å². The standard InChI is InChI=1S/C27H41NO4Si/c1-9-10-15-31-25-17-21(11-14-24(25)26(29)30-6)18-28-19-22-12-13-23(16-20(22)2)32-33(7,8)27(3,4)5/h11-14,16-17,28H,9-10,15,18-19H2,1-8H3. The number of aryl methyl sites for hydroxylation is 1. The van der Waals surface area contributed by atoms with Crippen LogP contribution in [0.15, 0.2) is 36.4 Å². The summed E-state index contributed by atoms with van der Waals surface area (Å²) in [7, 11) is -0.462. The van der Waals surface area contributed by atoms with Gasteiger partial charge in [0.25, 0.3) is 0 Å². The first-order valence-corrected chi connectivity index (χ1v) is 14.7. The van der Waals surface area contributed by atoms with Gasteiger partial charge in [0.1, 0.15) is 17.1 Å². The van der Waals surface area contributed by atoms with E-state index in [0.29, 0.717) is 24.5 Å². The van der Waals surface area contributed by atoms with Gasteiger partial charge in [-0.05, 0) is 72.4 Å². The number of esters is 1. The van der Waals surface area contributed by atoms with Crippen molar-refractivity contribution >= 4 is 14.3 Å². The number of ether oxygens (including phenoxy) is 2. The lowest BCUT2D eigenvalue weighted by Crippen LogP contribution is -2.43. The number of hydrogen-bond donors (Lipinski definition) is 1. The van der Waals surface area contributed by atoms with E-state index in [2.05, 4.69) is 71.2 Å². The van der Waals surface area contributed by atoms with Gasteiger partial charge in [-0.15, -0.1) is 0 Å². The van der Waals surface area contributed by atoms with Gasteiger partial charge in [-0.3, -0.25) is 0 Å². The third kappa shape index (κ3) is 7.61. The second kappa shape index (κ2) is 11.7. The largest absolute Gasteiger partial charge is 0.543 e. The average molecular weight is 472 g/mol. The summed E-state index contributed by atoms with van der Waals surface area (Å²) in [6.07, 6.45) is 1.98. The van der Waals surface area contributed by atoms with Crippen molar-refractivity contribution in [2.45, 2.75) is 78.7 Å². The highest BCUT2D eigenvalue weighted by Gasteiger charge is 2.38. The molecule has 0 radical (unpaired) electrons. The van der Waals surface area contributed by atoms with Crippen LogP contribution >= 0.6 is 0 Å². The number of benzene rings is 2. The highest BCUT2D eigenvalue weighted by molar-refractivity contribution is 6.74. The number of nitrogens with one attached hydrogen (secondary N) is 1. The number of rotatable bonds is 11. The minimum absolute atomic E-state index is 0.170. The maximum absolute atomic E-state index is 12.1. The Labute approximate surface area is 201 Å². The SMILES string of the molecule is CCCCOc1cc(CNCc2ccc(O[Si](C)(C)C(C)(C)C)cc2C)ccc1C(=O)OC. The molecule has 2 aromatic rings. The zero-order valence-electron chi connectivity index (χ0n) is 21.6. The Bertz CT molecular complexity index is 934. The lowest BCUT2D eigenvalue weighted by atomic mass is 10.1. The molecule has 6 heteroatoms. The van der Waals surface area contributed by atoms with Crippen LogP contribution in [0.5, 0.6) is 11.5 Å². The molecular weight excluding hydrogens is 430 g/mol. The van der Waals surface area contributed by atoms with Crippen LogP contribution in [0.1, 0.15) is 67.6 Å². The topological polar surface area (TPSA) is 56.8 Å². The predicted octanol–water partition coefficient (Wildman–Crippen LogP) is 6.63. The fourth-order valence-corrected chi connectivity index (χ4v) is 4.14. The van der Waals surface area contributed by atoms with Crippen LogP contribution in [0.3, 0.4) is 0 Å². The van der Waals surface area contributed by atoms with Crippen molar-refractivity contribution in [3.05, 3.63) is 58.7 Å². The molecule has 33 heavy (non-hydrogen) atoms. The molecule has 0 aliphatic carbocycles. The minimum atomic E-state index is -1.85. The van der Waals surface area contributed by atoms with Gasteiger partial charge in [0.2, 0.25) is 8.32 Å². The van der Waals surface area contributed by atoms with Crippen molar-refractivity contribution in [1.82, 2.24) is 5.32 Å². The number of hydrogen-bond acceptors (Lipinski definition) is 5. The number of unbranched alkanes of at least 4 members (excludes halogenated alkanes) is 1. The Morgan fingerprint density at radius 2 is 1.79 bits per heavy atom. The van der Waals surface area contributed by atoms with Crippen LogP contribution in [0.2, 0.25) is 18.1 Å². The average Bonchev–Trinajstić information content (AvgIpc) is 2.74. The van der Waals surface area contributed by atoms with Crippen molar-refractivity contribution in [3.63, 3.8) is 0 Å². The summed E-state index contributed by atoms with van der Waals surface area (Å²) in [6.45, 7) is 17.5. The third-order valence-corrected chi connectivity index (χ3v) is 10.7. The van der Waals surface area contributed by atoms with E-state index in [9.17, 15) is 4.79 Å². The van der Waals surface area contributed by atoms with Crippen molar-refractivity contribution in [2.24, 2.45) is 0 Å². The monoisotopic (exact) mass is 471 g/mol. The molecule has 0 amide bonds. The quantitative estimate of drug-likeness (QED) is 0.226. The molecular formula is C27H41NO4Si. The van der Waals surface area contributed by atoms with E-state index in [-0.39, 0.29) is 11.0 Å². The summed E-state index contributed by atoms with van der Waals surface area (Å²) in [5.41, 5.74) is 3.97. The van der Waals surface area contributed by atoms with Gasteiger partial charge >= 0.3 is 5.97 Å². The Kier molecular flexibility index (Phi) is 9.55. The van der Waals surface area contributed by atoms with Crippen LogP contribution in [-0.2, 0) is 17.8 Å². The molecule has 0 aliphatic heterocycles. The molecule has 0 saturated carbocycles. The molecule has 0 aromatic heterocycles. The Morgan fingerprint density at radius 3 is 2.39 bits per heavy atom. The summed E-state index contributed by atoms with van der Waals surface area (Å²) in [6, 6.07) is 12.0. The van der Waals surface area contributed by atoms with Gasteiger partial charge in [0.15, 0.2) is 0 Å². The zero-order valence-corrected chi connectivity index (χ0v) is 22.6. The van der Waals surface area contributed by atoms with E-state index >= 15 is 0 Å². The molecule has 2 rings (SSSR count). The van der Waals surface area contributed by atoms with Crippen LogP contribution < -0.4 is 14.5 Å². The van der Waals surface area contributed by atoms with Crippen molar-refractivity contribution < 1.29 is 18.7 Å². The van der Waals surface area contributed by atoms with E-state index in [1.165, 1.54) is 18.2 Å². The minimum Gasteiger partial charge on any atom is -0.543 e. The lowest BCUT2D eigenvalue weighted by molar-refractivity contribution is 0.0596. The molecule has 182 valence electrons. The fraction of sp³-hybridized carbons (Fsp3) is 0.519.